The SMILES string of the molecule is CS(=O)(=O)N(Cc1ccccc1)c1ccc(C(=O)NCCSCc2c(Cl)cccc2Cl)cc1. The zero-order valence-electron chi connectivity index (χ0n) is 18.0. The second-order valence-electron chi connectivity index (χ2n) is 7.31. The predicted molar refractivity (Wildman–Crippen MR) is 139 cm³/mol. The number of carbonyl (C=O) groups excluding carboxylic acids is 1. The molecule has 0 spiro atoms. The third-order valence-electron chi connectivity index (χ3n) is 4.83. The number of benzene rings is 3. The maximum Gasteiger partial charge on any atom is 0.251 e. The highest BCUT2D eigenvalue weighted by Crippen LogP contribution is 2.28. The van der Waals surface area contributed by atoms with Crippen LogP contribution in [0.15, 0.2) is 72.8 Å². The largest absolute Gasteiger partial charge is 0.351 e. The number of halogens is 2. The zero-order chi connectivity index (χ0) is 23.8. The van der Waals surface area contributed by atoms with Crippen LogP contribution in [-0.2, 0) is 22.3 Å². The molecule has 0 bridgehead atoms. The molecule has 0 saturated heterocycles. The van der Waals surface area contributed by atoms with Crippen molar-refractivity contribution >= 4 is 56.6 Å². The van der Waals surface area contributed by atoms with Crippen LogP contribution in [0.2, 0.25) is 10.0 Å². The van der Waals surface area contributed by atoms with Gasteiger partial charge in [0.25, 0.3) is 5.91 Å². The van der Waals surface area contributed by atoms with E-state index in [4.69, 9.17) is 23.2 Å². The minimum atomic E-state index is -3.49. The zero-order valence-corrected chi connectivity index (χ0v) is 21.1. The first-order chi connectivity index (χ1) is 15.8. The van der Waals surface area contributed by atoms with E-state index in [-0.39, 0.29) is 12.5 Å². The number of amides is 1. The lowest BCUT2D eigenvalue weighted by atomic mass is 10.2. The molecule has 174 valence electrons. The number of sulfonamides is 1. The summed E-state index contributed by atoms with van der Waals surface area (Å²) < 4.78 is 26.0. The molecule has 3 aromatic carbocycles. The average Bonchev–Trinajstić information content (AvgIpc) is 2.79. The summed E-state index contributed by atoms with van der Waals surface area (Å²) in [5.74, 6) is 1.14. The molecule has 0 atom stereocenters. The summed E-state index contributed by atoms with van der Waals surface area (Å²) in [6.07, 6.45) is 1.17. The van der Waals surface area contributed by atoms with E-state index in [2.05, 4.69) is 5.32 Å². The van der Waals surface area contributed by atoms with E-state index < -0.39 is 10.0 Å². The molecule has 0 aliphatic rings. The van der Waals surface area contributed by atoms with Crippen LogP contribution in [0.1, 0.15) is 21.5 Å². The molecule has 0 radical (unpaired) electrons. The maximum atomic E-state index is 12.5. The first kappa shape index (κ1) is 25.4. The van der Waals surface area contributed by atoms with Crippen LogP contribution in [0.5, 0.6) is 0 Å². The molecule has 1 N–H and O–H groups in total. The topological polar surface area (TPSA) is 66.5 Å². The molecular weight excluding hydrogens is 499 g/mol. The molecule has 0 heterocycles. The molecule has 9 heteroatoms. The maximum absolute atomic E-state index is 12.5. The van der Waals surface area contributed by atoms with E-state index >= 15 is 0 Å². The number of rotatable bonds is 10. The van der Waals surface area contributed by atoms with Gasteiger partial charge < -0.3 is 5.32 Å². The molecule has 0 aliphatic carbocycles. The Morgan fingerprint density at radius 2 is 1.58 bits per heavy atom. The van der Waals surface area contributed by atoms with E-state index in [1.807, 2.05) is 30.3 Å². The molecule has 0 aromatic heterocycles. The molecule has 33 heavy (non-hydrogen) atoms. The van der Waals surface area contributed by atoms with Crippen molar-refractivity contribution in [1.29, 1.82) is 0 Å². The average molecular weight is 524 g/mol. The summed E-state index contributed by atoms with van der Waals surface area (Å²) in [5.41, 5.74) is 2.73. The van der Waals surface area contributed by atoms with Crippen LogP contribution in [0.4, 0.5) is 5.69 Å². The number of nitrogens with zero attached hydrogens (tertiary/aromatic N) is 1. The van der Waals surface area contributed by atoms with Crippen molar-refractivity contribution in [3.8, 4) is 0 Å². The van der Waals surface area contributed by atoms with E-state index in [0.717, 1.165) is 11.1 Å². The van der Waals surface area contributed by atoms with Crippen molar-refractivity contribution in [3.63, 3.8) is 0 Å². The van der Waals surface area contributed by atoms with E-state index in [0.29, 0.717) is 39.3 Å². The first-order valence-electron chi connectivity index (χ1n) is 10.2. The number of thioether (sulfide) groups is 1. The van der Waals surface area contributed by atoms with Gasteiger partial charge in [0.1, 0.15) is 0 Å². The minimum absolute atomic E-state index is 0.216. The Morgan fingerprint density at radius 1 is 0.939 bits per heavy atom. The van der Waals surface area contributed by atoms with Gasteiger partial charge in [0.2, 0.25) is 10.0 Å². The summed E-state index contributed by atoms with van der Waals surface area (Å²) in [6.45, 7) is 0.703. The van der Waals surface area contributed by atoms with Gasteiger partial charge in [-0.1, -0.05) is 59.6 Å². The molecule has 5 nitrogen and oxygen atoms in total. The number of hydrogen-bond donors (Lipinski definition) is 1. The number of hydrogen-bond acceptors (Lipinski definition) is 4. The van der Waals surface area contributed by atoms with Crippen LogP contribution in [0.3, 0.4) is 0 Å². The van der Waals surface area contributed by atoms with Crippen molar-refractivity contribution < 1.29 is 13.2 Å². The molecule has 3 rings (SSSR count). The van der Waals surface area contributed by atoms with Gasteiger partial charge in [0, 0.05) is 33.7 Å². The van der Waals surface area contributed by atoms with Crippen LogP contribution < -0.4 is 9.62 Å². The molecule has 3 aromatic rings. The summed E-state index contributed by atoms with van der Waals surface area (Å²) in [5, 5.41) is 4.14. The third-order valence-corrected chi connectivity index (χ3v) is 7.66. The highest BCUT2D eigenvalue weighted by molar-refractivity contribution is 7.98. The molecule has 0 saturated carbocycles. The van der Waals surface area contributed by atoms with Gasteiger partial charge >= 0.3 is 0 Å². The van der Waals surface area contributed by atoms with E-state index in [9.17, 15) is 13.2 Å². The smallest absolute Gasteiger partial charge is 0.251 e. The lowest BCUT2D eigenvalue weighted by Gasteiger charge is -2.22. The molecule has 1 amide bonds. The molecular formula is C24H24Cl2N2O3S2. The van der Waals surface area contributed by atoms with Crippen LogP contribution >= 0.6 is 35.0 Å². The van der Waals surface area contributed by atoms with Crippen molar-refractivity contribution in [1.82, 2.24) is 5.32 Å². The van der Waals surface area contributed by atoms with Gasteiger partial charge in [-0.15, -0.1) is 0 Å². The number of carbonyl (C=O) groups is 1. The standard InChI is InChI=1S/C24H24Cl2N2O3S2/c1-33(30,31)28(16-18-6-3-2-4-7-18)20-12-10-19(11-13-20)24(29)27-14-15-32-17-21-22(25)8-5-9-23(21)26/h2-13H,14-17H2,1H3,(H,27,29). The second-order valence-corrected chi connectivity index (χ2v) is 11.1. The van der Waals surface area contributed by atoms with Crippen LogP contribution in [0.25, 0.3) is 0 Å². The Labute approximate surface area is 209 Å². The summed E-state index contributed by atoms with van der Waals surface area (Å²) in [6, 6.07) is 21.3. The Bertz CT molecular complexity index is 1170. The van der Waals surface area contributed by atoms with Gasteiger partial charge in [0.15, 0.2) is 0 Å². The fraction of sp³-hybridized carbons (Fsp3) is 0.208. The summed E-state index contributed by atoms with van der Waals surface area (Å²) >= 11 is 14.0. The Kier molecular flexibility index (Phi) is 9.09. The monoisotopic (exact) mass is 522 g/mol. The third kappa shape index (κ3) is 7.40. The quantitative estimate of drug-likeness (QED) is 0.350. The Hall–Kier alpha value is -2.19. The minimum Gasteiger partial charge on any atom is -0.351 e. The number of nitrogens with one attached hydrogen (secondary N) is 1. The molecule has 0 unspecified atom stereocenters. The Balaban J connectivity index is 1.54. The predicted octanol–water partition coefficient (Wildman–Crippen LogP) is 5.62. The summed E-state index contributed by atoms with van der Waals surface area (Å²) in [7, 11) is -3.49. The van der Waals surface area contributed by atoms with Crippen molar-refractivity contribution in [2.24, 2.45) is 0 Å². The molecule has 0 aliphatic heterocycles. The molecule has 0 fully saturated rings. The van der Waals surface area contributed by atoms with Crippen LogP contribution in [-0.4, -0.2) is 32.9 Å². The fourth-order valence-corrected chi connectivity index (χ4v) is 5.60. The van der Waals surface area contributed by atoms with Gasteiger partial charge in [0.05, 0.1) is 18.5 Å². The van der Waals surface area contributed by atoms with Crippen molar-refractivity contribution in [2.75, 3.05) is 22.9 Å². The van der Waals surface area contributed by atoms with Crippen molar-refractivity contribution in [3.05, 3.63) is 99.5 Å². The van der Waals surface area contributed by atoms with Gasteiger partial charge in [-0.05, 0) is 47.5 Å². The van der Waals surface area contributed by atoms with Gasteiger partial charge in [-0.3, -0.25) is 9.10 Å². The summed E-state index contributed by atoms with van der Waals surface area (Å²) in [4.78, 5) is 12.5. The van der Waals surface area contributed by atoms with Crippen molar-refractivity contribution in [2.45, 2.75) is 12.3 Å². The highest BCUT2D eigenvalue weighted by Gasteiger charge is 2.18. The first-order valence-corrected chi connectivity index (χ1v) is 13.9. The lowest BCUT2D eigenvalue weighted by molar-refractivity contribution is 0.0956. The fourth-order valence-electron chi connectivity index (χ4n) is 3.11. The highest BCUT2D eigenvalue weighted by atomic mass is 35.5. The van der Waals surface area contributed by atoms with E-state index in [1.54, 1.807) is 54.2 Å². The van der Waals surface area contributed by atoms with Crippen LogP contribution in [0, 0.1) is 0 Å². The lowest BCUT2D eigenvalue weighted by Crippen LogP contribution is -2.29. The van der Waals surface area contributed by atoms with E-state index in [1.165, 1.54) is 10.6 Å². The second kappa shape index (κ2) is 11.8. The number of anilines is 1. The normalized spacial score (nSPS) is 11.2. The van der Waals surface area contributed by atoms with Gasteiger partial charge in [-0.25, -0.2) is 8.42 Å². The van der Waals surface area contributed by atoms with Gasteiger partial charge in [-0.2, -0.15) is 11.8 Å². The Morgan fingerprint density at radius 3 is 2.18 bits per heavy atom.